The first-order chi connectivity index (χ1) is 8.74. The molecule has 18 heavy (non-hydrogen) atoms. The number of hydrogen-bond acceptors (Lipinski definition) is 5. The van der Waals surface area contributed by atoms with E-state index < -0.39 is 0 Å². The maximum Gasteiger partial charge on any atom is 0.132 e. The van der Waals surface area contributed by atoms with Gasteiger partial charge in [-0.05, 0) is 11.4 Å². The van der Waals surface area contributed by atoms with E-state index in [1.165, 1.54) is 4.88 Å². The molecule has 3 N–H and O–H groups in total. The molecule has 3 heterocycles. The predicted octanol–water partition coefficient (Wildman–Crippen LogP) is 4.21. The number of nitrogen functional groups attached to an aromatic ring is 1. The van der Waals surface area contributed by atoms with Gasteiger partial charge in [0, 0.05) is 22.9 Å². The van der Waals surface area contributed by atoms with Crippen molar-refractivity contribution in [2.75, 3.05) is 11.1 Å². The molecule has 3 aromatic rings. The molecule has 0 aromatic carbocycles. The van der Waals surface area contributed by atoms with Crippen LogP contribution in [0.25, 0.3) is 10.2 Å². The monoisotopic (exact) mass is 295 g/mol. The Morgan fingerprint density at radius 1 is 1.39 bits per heavy atom. The SMILES string of the molecule is Nc1csc2c(NCc3cccs3)cc(Cl)nc12. The van der Waals surface area contributed by atoms with Crippen LogP contribution >= 0.6 is 34.3 Å². The summed E-state index contributed by atoms with van der Waals surface area (Å²) in [5.74, 6) is 0. The van der Waals surface area contributed by atoms with E-state index in [1.807, 2.05) is 17.5 Å². The molecular formula is C12H10ClN3S2. The number of fused-ring (bicyclic) bond motifs is 1. The lowest BCUT2D eigenvalue weighted by Gasteiger charge is -2.06. The van der Waals surface area contributed by atoms with Crippen LogP contribution in [0, 0.1) is 0 Å². The Balaban J connectivity index is 1.95. The number of hydrogen-bond donors (Lipinski definition) is 2. The maximum atomic E-state index is 6.01. The first-order valence-corrected chi connectivity index (χ1v) is 7.47. The van der Waals surface area contributed by atoms with E-state index in [-0.39, 0.29) is 0 Å². The van der Waals surface area contributed by atoms with Crippen LogP contribution in [0.1, 0.15) is 4.88 Å². The minimum absolute atomic E-state index is 0.460. The van der Waals surface area contributed by atoms with Crippen LogP contribution in [0.15, 0.2) is 29.0 Å². The molecule has 6 heteroatoms. The van der Waals surface area contributed by atoms with Crippen molar-refractivity contribution in [3.8, 4) is 0 Å². The van der Waals surface area contributed by atoms with Crippen molar-refractivity contribution in [3.05, 3.63) is 39.0 Å². The lowest BCUT2D eigenvalue weighted by atomic mass is 10.3. The maximum absolute atomic E-state index is 6.01. The molecule has 0 radical (unpaired) electrons. The number of pyridine rings is 1. The number of thiophene rings is 2. The first kappa shape index (κ1) is 11.8. The number of nitrogens with two attached hydrogens (primary N) is 1. The summed E-state index contributed by atoms with van der Waals surface area (Å²) in [7, 11) is 0. The van der Waals surface area contributed by atoms with Gasteiger partial charge < -0.3 is 11.1 Å². The fourth-order valence-corrected chi connectivity index (χ4v) is 3.45. The van der Waals surface area contributed by atoms with Crippen LogP contribution in [-0.4, -0.2) is 4.98 Å². The van der Waals surface area contributed by atoms with E-state index in [4.69, 9.17) is 17.3 Å². The summed E-state index contributed by atoms with van der Waals surface area (Å²) in [5, 5.41) is 7.80. The zero-order valence-corrected chi connectivity index (χ0v) is 11.7. The highest BCUT2D eigenvalue weighted by atomic mass is 35.5. The van der Waals surface area contributed by atoms with Gasteiger partial charge in [-0.1, -0.05) is 17.7 Å². The smallest absolute Gasteiger partial charge is 0.132 e. The van der Waals surface area contributed by atoms with Crippen LogP contribution in [0.3, 0.4) is 0 Å². The molecule has 0 aliphatic rings. The summed E-state index contributed by atoms with van der Waals surface area (Å²) < 4.78 is 1.05. The van der Waals surface area contributed by atoms with Gasteiger partial charge in [-0.15, -0.1) is 22.7 Å². The molecular weight excluding hydrogens is 286 g/mol. The van der Waals surface area contributed by atoms with Gasteiger partial charge in [0.2, 0.25) is 0 Å². The first-order valence-electron chi connectivity index (χ1n) is 5.33. The normalized spacial score (nSPS) is 10.9. The predicted molar refractivity (Wildman–Crippen MR) is 80.7 cm³/mol. The number of aromatic nitrogens is 1. The highest BCUT2D eigenvalue weighted by molar-refractivity contribution is 7.18. The third kappa shape index (κ3) is 2.16. The number of rotatable bonds is 3. The van der Waals surface area contributed by atoms with Crippen LogP contribution < -0.4 is 11.1 Å². The van der Waals surface area contributed by atoms with Gasteiger partial charge in [0.15, 0.2) is 0 Å². The lowest BCUT2D eigenvalue weighted by molar-refractivity contribution is 1.20. The van der Waals surface area contributed by atoms with Gasteiger partial charge >= 0.3 is 0 Å². The molecule has 3 nitrogen and oxygen atoms in total. The molecule has 0 saturated carbocycles. The number of nitrogens with zero attached hydrogens (tertiary/aromatic N) is 1. The molecule has 0 spiro atoms. The van der Waals surface area contributed by atoms with Crippen molar-refractivity contribution in [1.29, 1.82) is 0 Å². The lowest BCUT2D eigenvalue weighted by Crippen LogP contribution is -1.98. The fraction of sp³-hybridized carbons (Fsp3) is 0.0833. The van der Waals surface area contributed by atoms with Gasteiger partial charge in [0.05, 0.1) is 16.1 Å². The second kappa shape index (κ2) is 4.76. The highest BCUT2D eigenvalue weighted by Gasteiger charge is 2.09. The van der Waals surface area contributed by atoms with E-state index >= 15 is 0 Å². The summed E-state index contributed by atoms with van der Waals surface area (Å²) in [5.41, 5.74) is 8.31. The topological polar surface area (TPSA) is 50.9 Å². The Labute approximate surface area is 117 Å². The van der Waals surface area contributed by atoms with Crippen molar-refractivity contribution in [1.82, 2.24) is 4.98 Å². The summed E-state index contributed by atoms with van der Waals surface area (Å²) in [4.78, 5) is 5.53. The quantitative estimate of drug-likeness (QED) is 0.712. The number of anilines is 2. The average Bonchev–Trinajstić information content (AvgIpc) is 2.97. The van der Waals surface area contributed by atoms with Gasteiger partial charge in [0.25, 0.3) is 0 Å². The van der Waals surface area contributed by atoms with Crippen molar-refractivity contribution >= 4 is 55.9 Å². The summed E-state index contributed by atoms with van der Waals surface area (Å²) in [6.07, 6.45) is 0. The molecule has 3 rings (SSSR count). The largest absolute Gasteiger partial charge is 0.396 e. The van der Waals surface area contributed by atoms with E-state index in [0.717, 1.165) is 22.4 Å². The Kier molecular flexibility index (Phi) is 3.11. The van der Waals surface area contributed by atoms with E-state index in [2.05, 4.69) is 21.7 Å². The second-order valence-electron chi connectivity index (χ2n) is 3.79. The summed E-state index contributed by atoms with van der Waals surface area (Å²) in [6, 6.07) is 5.98. The second-order valence-corrected chi connectivity index (χ2v) is 6.09. The molecule has 0 atom stereocenters. The van der Waals surface area contributed by atoms with E-state index in [9.17, 15) is 0 Å². The molecule has 0 amide bonds. The molecule has 0 unspecified atom stereocenters. The Morgan fingerprint density at radius 2 is 2.28 bits per heavy atom. The summed E-state index contributed by atoms with van der Waals surface area (Å²) >= 11 is 9.32. The van der Waals surface area contributed by atoms with Crippen LogP contribution in [0.2, 0.25) is 5.15 Å². The number of nitrogens with one attached hydrogen (secondary N) is 1. The fourth-order valence-electron chi connectivity index (χ4n) is 1.72. The third-order valence-corrected chi connectivity index (χ3v) is 4.64. The number of halogens is 1. The zero-order chi connectivity index (χ0) is 12.5. The molecule has 3 aromatic heterocycles. The zero-order valence-electron chi connectivity index (χ0n) is 9.31. The van der Waals surface area contributed by atoms with Crippen molar-refractivity contribution in [2.45, 2.75) is 6.54 Å². The van der Waals surface area contributed by atoms with Gasteiger partial charge in [-0.3, -0.25) is 0 Å². The molecule has 0 aliphatic carbocycles. The Morgan fingerprint density at radius 3 is 3.06 bits per heavy atom. The van der Waals surface area contributed by atoms with Crippen LogP contribution in [-0.2, 0) is 6.54 Å². The average molecular weight is 296 g/mol. The minimum atomic E-state index is 0.460. The Hall–Kier alpha value is -1.30. The van der Waals surface area contributed by atoms with E-state index in [0.29, 0.717) is 10.8 Å². The summed E-state index contributed by atoms with van der Waals surface area (Å²) in [6.45, 7) is 0.783. The van der Waals surface area contributed by atoms with E-state index in [1.54, 1.807) is 22.7 Å². The molecule has 92 valence electrons. The van der Waals surface area contributed by atoms with Crippen LogP contribution in [0.4, 0.5) is 11.4 Å². The highest BCUT2D eigenvalue weighted by Crippen LogP contribution is 2.34. The van der Waals surface area contributed by atoms with Gasteiger partial charge in [0.1, 0.15) is 10.7 Å². The molecule has 0 fully saturated rings. The van der Waals surface area contributed by atoms with Gasteiger partial charge in [-0.2, -0.15) is 0 Å². The van der Waals surface area contributed by atoms with Gasteiger partial charge in [-0.25, -0.2) is 4.98 Å². The third-order valence-electron chi connectivity index (χ3n) is 2.55. The van der Waals surface area contributed by atoms with Crippen molar-refractivity contribution in [3.63, 3.8) is 0 Å². The van der Waals surface area contributed by atoms with Crippen LogP contribution in [0.5, 0.6) is 0 Å². The molecule has 0 aliphatic heterocycles. The van der Waals surface area contributed by atoms with Crippen molar-refractivity contribution in [2.24, 2.45) is 0 Å². The standard InChI is InChI=1S/C12H10ClN3S2/c13-10-4-9(15-5-7-2-1-3-17-7)12-11(16-10)8(14)6-18-12/h1-4,6H,5,14H2,(H,15,16). The minimum Gasteiger partial charge on any atom is -0.396 e. The molecule has 0 bridgehead atoms. The Bertz CT molecular complexity index is 676. The van der Waals surface area contributed by atoms with Crippen molar-refractivity contribution < 1.29 is 0 Å². The molecule has 0 saturated heterocycles.